The summed E-state index contributed by atoms with van der Waals surface area (Å²) >= 11 is 1.24. The van der Waals surface area contributed by atoms with Gasteiger partial charge in [-0.2, -0.15) is 0 Å². The molecule has 1 N–H and O–H groups in total. The summed E-state index contributed by atoms with van der Waals surface area (Å²) in [6.07, 6.45) is -4.51. The van der Waals surface area contributed by atoms with Gasteiger partial charge in [-0.25, -0.2) is 28.3 Å². The van der Waals surface area contributed by atoms with Crippen LogP contribution in [0.3, 0.4) is 0 Å². The van der Waals surface area contributed by atoms with E-state index < -0.39 is 70.5 Å². The van der Waals surface area contributed by atoms with Crippen LogP contribution in [0.1, 0.15) is 66.9 Å². The third-order valence-electron chi connectivity index (χ3n) is 8.95. The Morgan fingerprint density at radius 2 is 1.67 bits per heavy atom. The number of aromatic nitrogens is 2. The fraction of sp³-hybridized carbons (Fsp3) is 0.543. The van der Waals surface area contributed by atoms with E-state index in [0.29, 0.717) is 41.9 Å². The van der Waals surface area contributed by atoms with E-state index >= 15 is 8.78 Å². The van der Waals surface area contributed by atoms with Gasteiger partial charge in [-0.3, -0.25) is 10.2 Å². The summed E-state index contributed by atoms with van der Waals surface area (Å²) < 4.78 is 95.3. The topological polar surface area (TPSA) is 115 Å². The molecule has 3 aromatic rings. The highest BCUT2D eigenvalue weighted by Gasteiger charge is 2.54. The molecule has 2 amide bonds. The van der Waals surface area contributed by atoms with Gasteiger partial charge in [0.15, 0.2) is 17.4 Å². The van der Waals surface area contributed by atoms with Crippen LogP contribution in [0, 0.1) is 18.6 Å². The first kappa shape index (κ1) is 37.5. The number of benzene rings is 1. The van der Waals surface area contributed by atoms with Crippen molar-refractivity contribution in [2.75, 3.05) is 23.0 Å². The molecule has 2 saturated heterocycles. The zero-order chi connectivity index (χ0) is 38.2. The minimum atomic E-state index is -5.37. The Balaban J connectivity index is 1.55. The van der Waals surface area contributed by atoms with Crippen LogP contribution in [0.25, 0.3) is 22.0 Å². The van der Waals surface area contributed by atoms with Crippen LogP contribution in [0.4, 0.5) is 43.0 Å². The Morgan fingerprint density at radius 1 is 1.00 bits per heavy atom. The number of hydrogen-bond donors (Lipinski definition) is 1. The fourth-order valence-electron chi connectivity index (χ4n) is 7.22. The molecule has 5 heterocycles. The number of rotatable bonds is 4. The van der Waals surface area contributed by atoms with Crippen molar-refractivity contribution in [1.29, 1.82) is 0 Å². The average Bonchev–Trinajstić information content (AvgIpc) is 3.24. The van der Waals surface area contributed by atoms with Crippen molar-refractivity contribution in [3.05, 3.63) is 29.3 Å². The van der Waals surface area contributed by atoms with Crippen LogP contribution in [-0.2, 0) is 9.47 Å². The normalized spacial score (nSPS) is 21.3. The highest BCUT2D eigenvalue weighted by Crippen LogP contribution is 2.49. The minimum Gasteiger partial charge on any atom is -0.472 e. The molecule has 3 aliphatic heterocycles. The Kier molecular flexibility index (Phi) is 9.36. The summed E-state index contributed by atoms with van der Waals surface area (Å²) in [5.41, 5.74) is -3.15. The summed E-state index contributed by atoms with van der Waals surface area (Å²) in [5.74, 6) is -3.81. The third-order valence-corrected chi connectivity index (χ3v) is 9.73. The number of pyridine rings is 2. The molecule has 4 atom stereocenters. The van der Waals surface area contributed by atoms with Crippen LogP contribution < -0.4 is 19.7 Å². The Bertz CT molecular complexity index is 1950. The predicted octanol–water partition coefficient (Wildman–Crippen LogP) is 8.59. The van der Waals surface area contributed by atoms with Crippen molar-refractivity contribution >= 4 is 46.2 Å². The van der Waals surface area contributed by atoms with Crippen molar-refractivity contribution in [3.8, 4) is 22.9 Å². The molecule has 3 aliphatic rings. The van der Waals surface area contributed by atoms with Crippen molar-refractivity contribution in [2.45, 2.75) is 115 Å². The maximum atomic E-state index is 17.1. The number of nitrogens with one attached hydrogen (secondary N) is 1. The zero-order valence-electron chi connectivity index (χ0n) is 30.1. The number of alkyl halides is 3. The van der Waals surface area contributed by atoms with E-state index in [2.05, 4.69) is 15.0 Å². The van der Waals surface area contributed by atoms with Crippen LogP contribution >= 0.6 is 11.8 Å². The first-order valence-electron chi connectivity index (χ1n) is 16.7. The number of amides is 2. The number of thioether (sulfide) groups is 1. The van der Waals surface area contributed by atoms with Crippen LogP contribution in [-0.4, -0.2) is 81.6 Å². The molecule has 0 radical (unpaired) electrons. The number of ether oxygens (including phenoxy) is 4. The first-order valence-corrected chi connectivity index (χ1v) is 17.9. The maximum Gasteiger partial charge on any atom is 0.573 e. The number of carbonyl (C=O) groups excluding carboxylic acids is 2. The van der Waals surface area contributed by atoms with Gasteiger partial charge < -0.3 is 23.8 Å². The molecule has 2 aromatic heterocycles. The lowest BCUT2D eigenvalue weighted by molar-refractivity contribution is -0.275. The number of hydrogen-bond acceptors (Lipinski definition) is 10. The van der Waals surface area contributed by atoms with Crippen molar-refractivity contribution < 1.29 is 50.5 Å². The van der Waals surface area contributed by atoms with Gasteiger partial charge in [0.05, 0.1) is 29.1 Å². The largest absolute Gasteiger partial charge is 0.573 e. The predicted molar refractivity (Wildman–Crippen MR) is 184 cm³/mol. The molecule has 0 saturated carbocycles. The SMILES string of the molecule is CSc1nc2c3c(nc(-c4cc(NC(=O)OC(C)(C)C)cc(F)c4OC(F)(F)F)c(F)c3c1C)O[C@@H](C)[C@@H]1[C@@H]3CC[C@H](CN21)N3C(=O)OC(C)(C)C. The molecule has 282 valence electrons. The lowest BCUT2D eigenvalue weighted by atomic mass is 9.97. The van der Waals surface area contributed by atoms with Crippen LogP contribution in [0.2, 0.25) is 0 Å². The number of carbonyl (C=O) groups is 2. The monoisotopic (exact) mass is 753 g/mol. The lowest BCUT2D eigenvalue weighted by Gasteiger charge is -2.48. The molecule has 0 unspecified atom stereocenters. The summed E-state index contributed by atoms with van der Waals surface area (Å²) in [6.45, 7) is 13.8. The summed E-state index contributed by atoms with van der Waals surface area (Å²) in [4.78, 5) is 39.1. The molecule has 1 aromatic carbocycles. The average molecular weight is 754 g/mol. The highest BCUT2D eigenvalue weighted by molar-refractivity contribution is 7.98. The second-order valence-corrected chi connectivity index (χ2v) is 15.9. The smallest absolute Gasteiger partial charge is 0.472 e. The van der Waals surface area contributed by atoms with Gasteiger partial charge in [0.2, 0.25) is 5.88 Å². The number of halogens is 5. The van der Waals surface area contributed by atoms with Crippen LogP contribution in [0.15, 0.2) is 17.2 Å². The van der Waals surface area contributed by atoms with Gasteiger partial charge in [-0.1, -0.05) is 0 Å². The van der Waals surface area contributed by atoms with E-state index in [1.54, 1.807) is 66.5 Å². The Labute approximate surface area is 301 Å². The van der Waals surface area contributed by atoms with Gasteiger partial charge in [-0.15, -0.1) is 24.9 Å². The summed E-state index contributed by atoms with van der Waals surface area (Å²) in [6, 6.07) is 0.399. The molecule has 11 nitrogen and oxygen atoms in total. The molecule has 6 rings (SSSR count). The fourth-order valence-corrected chi connectivity index (χ4v) is 7.80. The zero-order valence-corrected chi connectivity index (χ0v) is 30.9. The number of anilines is 2. The Morgan fingerprint density at radius 3 is 2.29 bits per heavy atom. The van der Waals surface area contributed by atoms with E-state index in [4.69, 9.17) is 19.2 Å². The van der Waals surface area contributed by atoms with Crippen molar-refractivity contribution in [2.24, 2.45) is 0 Å². The van der Waals surface area contributed by atoms with Gasteiger partial charge in [0.25, 0.3) is 0 Å². The van der Waals surface area contributed by atoms with Gasteiger partial charge in [0.1, 0.15) is 33.8 Å². The molecular weight excluding hydrogens is 713 g/mol. The van der Waals surface area contributed by atoms with E-state index in [9.17, 15) is 22.8 Å². The first-order chi connectivity index (χ1) is 24.1. The van der Waals surface area contributed by atoms with Crippen molar-refractivity contribution in [3.63, 3.8) is 0 Å². The highest BCUT2D eigenvalue weighted by atomic mass is 32.2. The van der Waals surface area contributed by atoms with E-state index in [-0.39, 0.29) is 34.4 Å². The summed E-state index contributed by atoms with van der Waals surface area (Å²) in [5, 5.41) is 2.85. The maximum absolute atomic E-state index is 17.1. The third kappa shape index (κ3) is 7.07. The minimum absolute atomic E-state index is 0.0482. The molecule has 17 heteroatoms. The standard InChI is InChI=1S/C35H40F5N5O6S/c1-15-22-23-28(43-30(15)52-9)44-14-18-10-11-21(45(18)32(47)51-34(6,7)8)26(44)16(2)48-29(23)42-25(24(22)37)19-12-17(41-31(46)50-33(3,4)5)13-20(36)27(19)49-35(38,39)40/h12-13,16,18,21,26H,10-11,14H2,1-9H3,(H,41,46)/t16-,18+,21-,26+/m0/s1. The van der Waals surface area contributed by atoms with Crippen LogP contribution in [0.5, 0.6) is 11.6 Å². The van der Waals surface area contributed by atoms with Gasteiger partial charge in [-0.05, 0) is 86.1 Å². The van der Waals surface area contributed by atoms with Gasteiger partial charge in [0, 0.05) is 23.7 Å². The molecular formula is C35H40F5N5O6S. The molecule has 52 heavy (non-hydrogen) atoms. The van der Waals surface area contributed by atoms with Crippen molar-refractivity contribution in [1.82, 2.24) is 14.9 Å². The lowest BCUT2D eigenvalue weighted by Crippen LogP contribution is -2.65. The van der Waals surface area contributed by atoms with E-state index in [1.165, 1.54) is 11.8 Å². The molecule has 0 spiro atoms. The quantitative estimate of drug-likeness (QED) is 0.205. The number of nitrogens with zero attached hydrogens (tertiary/aromatic N) is 4. The Hall–Kier alpha value is -4.28. The van der Waals surface area contributed by atoms with E-state index in [0.717, 1.165) is 6.07 Å². The number of piperazine rings is 1. The summed E-state index contributed by atoms with van der Waals surface area (Å²) in [7, 11) is 0. The van der Waals surface area contributed by atoms with E-state index in [1.807, 2.05) is 4.90 Å². The molecule has 2 bridgehead atoms. The number of aryl methyl sites for hydroxylation is 1. The molecule has 0 aliphatic carbocycles. The second-order valence-electron chi connectivity index (χ2n) is 15.1. The number of fused-ring (bicyclic) bond motifs is 5. The molecule has 2 fully saturated rings. The second kappa shape index (κ2) is 13.0. The van der Waals surface area contributed by atoms with Gasteiger partial charge >= 0.3 is 18.5 Å².